The summed E-state index contributed by atoms with van der Waals surface area (Å²) in [4.78, 5) is 26.7. The number of carbonyl (C=O) groups is 2. The van der Waals surface area contributed by atoms with E-state index in [0.717, 1.165) is 37.4 Å². The van der Waals surface area contributed by atoms with Crippen molar-refractivity contribution in [2.24, 2.45) is 0 Å². The highest BCUT2D eigenvalue weighted by atomic mass is 35.5. The number of nitrogens with one attached hydrogen (secondary N) is 4. The molecule has 144 valence electrons. The standard InChI is InChI=1S/C18H26Cl2N4O2/c1-3-24-8-6-13(7-9-24)21-17(25)11-23(2)12-18(26)22-14-4-5-15(19)16(20)10-14/h4-5,10,13H,3,6-9,11-12H2,1-2H3,(H,21,25)(H,22,26)/p+2. The van der Waals surface area contributed by atoms with Gasteiger partial charge < -0.3 is 20.4 Å². The first kappa shape index (κ1) is 21.0. The Morgan fingerprint density at radius 1 is 1.15 bits per heavy atom. The van der Waals surface area contributed by atoms with Crippen LogP contribution >= 0.6 is 23.2 Å². The van der Waals surface area contributed by atoms with E-state index >= 15 is 0 Å². The summed E-state index contributed by atoms with van der Waals surface area (Å²) >= 11 is 11.8. The monoisotopic (exact) mass is 402 g/mol. The second kappa shape index (κ2) is 10.1. The number of benzene rings is 1. The van der Waals surface area contributed by atoms with Crippen molar-refractivity contribution in [3.63, 3.8) is 0 Å². The fourth-order valence-corrected chi connectivity index (χ4v) is 3.49. The van der Waals surface area contributed by atoms with Gasteiger partial charge in [0.15, 0.2) is 13.1 Å². The number of hydrogen-bond acceptors (Lipinski definition) is 2. The summed E-state index contributed by atoms with van der Waals surface area (Å²) in [6.45, 7) is 6.02. The van der Waals surface area contributed by atoms with Gasteiger partial charge in [-0.15, -0.1) is 0 Å². The van der Waals surface area contributed by atoms with Crippen LogP contribution in [0.3, 0.4) is 0 Å². The van der Waals surface area contributed by atoms with Gasteiger partial charge >= 0.3 is 0 Å². The molecule has 1 saturated heterocycles. The van der Waals surface area contributed by atoms with Crippen LogP contribution in [0.2, 0.25) is 10.0 Å². The second-order valence-electron chi connectivity index (χ2n) is 6.93. The van der Waals surface area contributed by atoms with Gasteiger partial charge in [0.05, 0.1) is 36.7 Å². The number of anilines is 1. The Kier molecular flexibility index (Phi) is 8.15. The predicted octanol–water partition coefficient (Wildman–Crippen LogP) is -0.370. The highest BCUT2D eigenvalue weighted by molar-refractivity contribution is 6.42. The maximum Gasteiger partial charge on any atom is 0.279 e. The third kappa shape index (κ3) is 6.76. The van der Waals surface area contributed by atoms with Crippen molar-refractivity contribution in [2.75, 3.05) is 45.1 Å². The third-order valence-electron chi connectivity index (χ3n) is 4.69. The minimum Gasteiger partial charge on any atom is -0.348 e. The van der Waals surface area contributed by atoms with Gasteiger partial charge in [0.1, 0.15) is 0 Å². The van der Waals surface area contributed by atoms with E-state index < -0.39 is 0 Å². The smallest absolute Gasteiger partial charge is 0.279 e. The van der Waals surface area contributed by atoms with Crippen LogP contribution in [0.1, 0.15) is 19.8 Å². The highest BCUT2D eigenvalue weighted by Gasteiger charge is 2.23. The van der Waals surface area contributed by atoms with Gasteiger partial charge in [-0.2, -0.15) is 0 Å². The molecule has 8 heteroatoms. The highest BCUT2D eigenvalue weighted by Crippen LogP contribution is 2.24. The average molecular weight is 403 g/mol. The van der Waals surface area contributed by atoms with Crippen LogP contribution in [0, 0.1) is 0 Å². The Morgan fingerprint density at radius 3 is 2.42 bits per heavy atom. The summed E-state index contributed by atoms with van der Waals surface area (Å²) in [7, 11) is 1.83. The number of piperidine rings is 1. The fraction of sp³-hybridized carbons (Fsp3) is 0.556. The lowest BCUT2D eigenvalue weighted by Gasteiger charge is -2.29. The second-order valence-corrected chi connectivity index (χ2v) is 7.75. The van der Waals surface area contributed by atoms with E-state index in [1.807, 2.05) is 7.05 Å². The van der Waals surface area contributed by atoms with E-state index in [0.29, 0.717) is 15.7 Å². The number of quaternary nitrogens is 2. The molecule has 1 unspecified atom stereocenters. The van der Waals surface area contributed by atoms with Gasteiger partial charge in [0.25, 0.3) is 11.8 Å². The summed E-state index contributed by atoms with van der Waals surface area (Å²) < 4.78 is 0. The first-order chi connectivity index (χ1) is 12.4. The average Bonchev–Trinajstić information content (AvgIpc) is 2.58. The quantitative estimate of drug-likeness (QED) is 0.502. The molecule has 2 rings (SSSR count). The maximum atomic E-state index is 12.2. The van der Waals surface area contributed by atoms with E-state index in [9.17, 15) is 9.59 Å². The topological polar surface area (TPSA) is 67.1 Å². The molecule has 2 amide bonds. The van der Waals surface area contributed by atoms with Crippen molar-refractivity contribution < 1.29 is 19.4 Å². The molecule has 0 aromatic heterocycles. The van der Waals surface area contributed by atoms with Gasteiger partial charge in [-0.1, -0.05) is 23.2 Å². The number of likely N-dealkylation sites (tertiary alicyclic amines) is 1. The molecule has 0 radical (unpaired) electrons. The largest absolute Gasteiger partial charge is 0.348 e. The van der Waals surface area contributed by atoms with E-state index in [1.54, 1.807) is 23.1 Å². The van der Waals surface area contributed by atoms with Crippen LogP contribution < -0.4 is 20.4 Å². The Morgan fingerprint density at radius 2 is 1.81 bits per heavy atom. The summed E-state index contributed by atoms with van der Waals surface area (Å²) in [5.41, 5.74) is 0.590. The third-order valence-corrected chi connectivity index (χ3v) is 5.42. The Balaban J connectivity index is 1.71. The molecule has 4 N–H and O–H groups in total. The Labute approximate surface area is 164 Å². The lowest BCUT2D eigenvalue weighted by Crippen LogP contribution is -3.13. The van der Waals surface area contributed by atoms with E-state index in [2.05, 4.69) is 17.6 Å². The summed E-state index contributed by atoms with van der Waals surface area (Å²) in [6, 6.07) is 5.19. The molecule has 0 aliphatic carbocycles. The zero-order chi connectivity index (χ0) is 19.1. The van der Waals surface area contributed by atoms with Gasteiger partial charge in [-0.3, -0.25) is 9.59 Å². The number of halogens is 2. The van der Waals surface area contributed by atoms with Gasteiger partial charge in [0, 0.05) is 24.6 Å². The van der Waals surface area contributed by atoms with E-state index in [-0.39, 0.29) is 30.9 Å². The first-order valence-corrected chi connectivity index (χ1v) is 9.82. The zero-order valence-corrected chi connectivity index (χ0v) is 16.8. The van der Waals surface area contributed by atoms with Crippen molar-refractivity contribution >= 4 is 40.7 Å². The summed E-state index contributed by atoms with van der Waals surface area (Å²) in [6.07, 6.45) is 2.04. The molecule has 1 aliphatic heterocycles. The fourth-order valence-electron chi connectivity index (χ4n) is 3.19. The molecule has 1 aliphatic rings. The molecule has 0 bridgehead atoms. The van der Waals surface area contributed by atoms with Crippen LogP contribution in [0.4, 0.5) is 5.69 Å². The molecule has 1 atom stereocenters. The normalized spacial score (nSPS) is 21.1. The summed E-state index contributed by atoms with van der Waals surface area (Å²) in [5, 5.41) is 6.69. The Hall–Kier alpha value is -1.34. The molecule has 0 saturated carbocycles. The van der Waals surface area contributed by atoms with Crippen LogP contribution in [0.5, 0.6) is 0 Å². The molecule has 26 heavy (non-hydrogen) atoms. The zero-order valence-electron chi connectivity index (χ0n) is 15.3. The minimum absolute atomic E-state index is 0.00483. The van der Waals surface area contributed by atoms with Crippen molar-refractivity contribution in [3.05, 3.63) is 28.2 Å². The van der Waals surface area contributed by atoms with Crippen molar-refractivity contribution in [1.82, 2.24) is 5.32 Å². The van der Waals surface area contributed by atoms with Crippen LogP contribution in [0.25, 0.3) is 0 Å². The van der Waals surface area contributed by atoms with Crippen molar-refractivity contribution in [2.45, 2.75) is 25.8 Å². The van der Waals surface area contributed by atoms with Crippen molar-refractivity contribution in [1.29, 1.82) is 0 Å². The number of rotatable bonds is 7. The van der Waals surface area contributed by atoms with Gasteiger partial charge in [0.2, 0.25) is 0 Å². The number of carbonyl (C=O) groups excluding carboxylic acids is 2. The van der Waals surface area contributed by atoms with Crippen LogP contribution in [0.15, 0.2) is 18.2 Å². The molecule has 0 spiro atoms. The van der Waals surface area contributed by atoms with Crippen LogP contribution in [-0.4, -0.2) is 57.6 Å². The molecular formula is C18H28Cl2N4O2+2. The number of likely N-dealkylation sites (N-methyl/N-ethyl adjacent to an activating group) is 1. The van der Waals surface area contributed by atoms with E-state index in [4.69, 9.17) is 23.2 Å². The number of amides is 2. The molecule has 1 heterocycles. The van der Waals surface area contributed by atoms with E-state index in [1.165, 1.54) is 0 Å². The first-order valence-electron chi connectivity index (χ1n) is 9.06. The SMILES string of the molecule is CC[NH+]1CCC(NC(=O)C[NH+](C)CC(=O)Nc2ccc(Cl)c(Cl)c2)CC1. The number of hydrogen-bond donors (Lipinski definition) is 4. The maximum absolute atomic E-state index is 12.2. The minimum atomic E-state index is -0.173. The summed E-state index contributed by atoms with van der Waals surface area (Å²) in [5.74, 6) is -0.177. The van der Waals surface area contributed by atoms with Crippen LogP contribution in [-0.2, 0) is 9.59 Å². The molecule has 1 fully saturated rings. The molecular weight excluding hydrogens is 375 g/mol. The molecule has 6 nitrogen and oxygen atoms in total. The predicted molar refractivity (Wildman–Crippen MR) is 104 cm³/mol. The van der Waals surface area contributed by atoms with Gasteiger partial charge in [-0.25, -0.2) is 0 Å². The lowest BCUT2D eigenvalue weighted by atomic mass is 10.1. The lowest BCUT2D eigenvalue weighted by molar-refractivity contribution is -0.903. The van der Waals surface area contributed by atoms with Crippen molar-refractivity contribution in [3.8, 4) is 0 Å². The van der Waals surface area contributed by atoms with Gasteiger partial charge in [-0.05, 0) is 25.1 Å². The Bertz CT molecular complexity index is 634. The molecule has 1 aromatic carbocycles. The molecule has 1 aromatic rings.